The number of ether oxygens (including phenoxy) is 3. The minimum Gasteiger partial charge on any atom is -0.497 e. The van der Waals surface area contributed by atoms with Crippen LogP contribution in [0.2, 0.25) is 0 Å². The average Bonchev–Trinajstić information content (AvgIpc) is 2.52. The van der Waals surface area contributed by atoms with E-state index >= 15 is 0 Å². The van der Waals surface area contributed by atoms with Crippen LogP contribution in [0.1, 0.15) is 11.1 Å². The van der Waals surface area contributed by atoms with Crippen molar-refractivity contribution in [1.82, 2.24) is 0 Å². The number of methoxy groups -OCH3 is 2. The van der Waals surface area contributed by atoms with Gasteiger partial charge in [-0.3, -0.25) is 0 Å². The molecule has 0 aliphatic heterocycles. The topological polar surface area (TPSA) is 27.7 Å². The molecule has 0 fully saturated rings. The monoisotopic (exact) mass is 336 g/mol. The first kappa shape index (κ1) is 14.7. The summed E-state index contributed by atoms with van der Waals surface area (Å²) in [5, 5.41) is 0.720. The summed E-state index contributed by atoms with van der Waals surface area (Å²) in [5.41, 5.74) is 2.11. The second-order valence-electron chi connectivity index (χ2n) is 4.22. The Hall–Kier alpha value is -1.68. The molecular weight excluding hydrogens is 320 g/mol. The average molecular weight is 337 g/mol. The van der Waals surface area contributed by atoms with E-state index in [0.29, 0.717) is 6.61 Å². The van der Waals surface area contributed by atoms with Gasteiger partial charge in [-0.05, 0) is 23.8 Å². The highest BCUT2D eigenvalue weighted by molar-refractivity contribution is 9.08. The first-order chi connectivity index (χ1) is 9.78. The molecule has 0 heterocycles. The van der Waals surface area contributed by atoms with Crippen molar-refractivity contribution in [2.45, 2.75) is 11.9 Å². The van der Waals surface area contributed by atoms with Crippen LogP contribution in [-0.2, 0) is 11.9 Å². The fraction of sp³-hybridized carbons (Fsp3) is 0.250. The molecule has 4 heteroatoms. The van der Waals surface area contributed by atoms with Gasteiger partial charge < -0.3 is 14.2 Å². The van der Waals surface area contributed by atoms with Gasteiger partial charge in [-0.1, -0.05) is 40.2 Å². The zero-order chi connectivity index (χ0) is 14.4. The molecule has 20 heavy (non-hydrogen) atoms. The van der Waals surface area contributed by atoms with Crippen LogP contribution < -0.4 is 14.2 Å². The van der Waals surface area contributed by atoms with Crippen molar-refractivity contribution in [2.24, 2.45) is 0 Å². The Balaban J connectivity index is 2.17. The Morgan fingerprint density at radius 3 is 2.50 bits per heavy atom. The van der Waals surface area contributed by atoms with Gasteiger partial charge in [0.2, 0.25) is 0 Å². The Morgan fingerprint density at radius 1 is 1.00 bits per heavy atom. The predicted molar refractivity (Wildman–Crippen MR) is 83.0 cm³/mol. The van der Waals surface area contributed by atoms with Crippen LogP contribution in [0.4, 0.5) is 0 Å². The summed E-state index contributed by atoms with van der Waals surface area (Å²) in [6.07, 6.45) is 0. The first-order valence-electron chi connectivity index (χ1n) is 6.26. The maximum atomic E-state index is 5.93. The molecule has 106 valence electrons. The lowest BCUT2D eigenvalue weighted by Crippen LogP contribution is -2.00. The van der Waals surface area contributed by atoms with Crippen LogP contribution in [0.5, 0.6) is 17.2 Å². The fourth-order valence-electron chi connectivity index (χ4n) is 1.91. The van der Waals surface area contributed by atoms with Gasteiger partial charge >= 0.3 is 0 Å². The highest BCUT2D eigenvalue weighted by Crippen LogP contribution is 2.33. The summed E-state index contributed by atoms with van der Waals surface area (Å²) in [7, 11) is 3.30. The van der Waals surface area contributed by atoms with E-state index in [9.17, 15) is 0 Å². The normalized spacial score (nSPS) is 10.2. The Labute approximate surface area is 127 Å². The fourth-order valence-corrected chi connectivity index (χ4v) is 2.35. The molecule has 0 saturated heterocycles. The summed E-state index contributed by atoms with van der Waals surface area (Å²) in [5.74, 6) is 2.34. The van der Waals surface area contributed by atoms with Gasteiger partial charge in [0.1, 0.15) is 12.4 Å². The van der Waals surface area contributed by atoms with Crippen molar-refractivity contribution in [3.05, 3.63) is 53.6 Å². The van der Waals surface area contributed by atoms with Gasteiger partial charge in [0.15, 0.2) is 11.5 Å². The Kier molecular flexibility index (Phi) is 5.30. The highest BCUT2D eigenvalue weighted by atomic mass is 79.9. The summed E-state index contributed by atoms with van der Waals surface area (Å²) in [6.45, 7) is 0.470. The van der Waals surface area contributed by atoms with Gasteiger partial charge in [-0.15, -0.1) is 0 Å². The van der Waals surface area contributed by atoms with E-state index in [1.807, 2.05) is 42.5 Å². The van der Waals surface area contributed by atoms with Crippen LogP contribution in [-0.4, -0.2) is 14.2 Å². The van der Waals surface area contributed by atoms with E-state index < -0.39 is 0 Å². The Morgan fingerprint density at radius 2 is 1.80 bits per heavy atom. The van der Waals surface area contributed by atoms with E-state index in [1.54, 1.807) is 14.2 Å². The minimum atomic E-state index is 0.470. The van der Waals surface area contributed by atoms with E-state index in [2.05, 4.69) is 15.9 Å². The maximum absolute atomic E-state index is 5.93. The first-order valence-corrected chi connectivity index (χ1v) is 7.38. The minimum absolute atomic E-state index is 0.470. The van der Waals surface area contributed by atoms with Crippen LogP contribution >= 0.6 is 15.9 Å². The molecule has 0 spiro atoms. The number of hydrogen-bond donors (Lipinski definition) is 0. The molecule has 0 amide bonds. The van der Waals surface area contributed by atoms with Crippen LogP contribution in [0.25, 0.3) is 0 Å². The molecule has 2 aromatic carbocycles. The second-order valence-corrected chi connectivity index (χ2v) is 4.78. The number of halogens is 1. The van der Waals surface area contributed by atoms with Gasteiger partial charge in [-0.25, -0.2) is 0 Å². The molecule has 0 aliphatic rings. The standard InChI is InChI=1S/C16H17BrO3/c1-18-14-7-3-5-12(9-14)11-20-16-13(10-17)6-4-8-15(16)19-2/h3-9H,10-11H2,1-2H3. The van der Waals surface area contributed by atoms with Crippen LogP contribution in [0.3, 0.4) is 0 Å². The van der Waals surface area contributed by atoms with Crippen molar-refractivity contribution in [1.29, 1.82) is 0 Å². The van der Waals surface area contributed by atoms with Crippen molar-refractivity contribution in [2.75, 3.05) is 14.2 Å². The van der Waals surface area contributed by atoms with E-state index in [1.165, 1.54) is 0 Å². The highest BCUT2D eigenvalue weighted by Gasteiger charge is 2.10. The number of rotatable bonds is 6. The molecule has 3 nitrogen and oxygen atoms in total. The van der Waals surface area contributed by atoms with Gasteiger partial charge in [0, 0.05) is 10.9 Å². The molecule has 0 N–H and O–H groups in total. The predicted octanol–water partition coefficient (Wildman–Crippen LogP) is 4.18. The molecule has 0 saturated carbocycles. The number of hydrogen-bond acceptors (Lipinski definition) is 3. The summed E-state index contributed by atoms with van der Waals surface area (Å²) in [6, 6.07) is 13.7. The van der Waals surface area contributed by atoms with E-state index in [0.717, 1.165) is 33.7 Å². The molecule has 0 unspecified atom stereocenters. The second kappa shape index (κ2) is 7.20. The lowest BCUT2D eigenvalue weighted by atomic mass is 10.2. The summed E-state index contributed by atoms with van der Waals surface area (Å²) < 4.78 is 16.5. The zero-order valence-electron chi connectivity index (χ0n) is 11.6. The maximum Gasteiger partial charge on any atom is 0.165 e. The number of alkyl halides is 1. The van der Waals surface area contributed by atoms with Crippen molar-refractivity contribution in [3.8, 4) is 17.2 Å². The van der Waals surface area contributed by atoms with Crippen molar-refractivity contribution >= 4 is 15.9 Å². The third-order valence-electron chi connectivity index (χ3n) is 2.94. The van der Waals surface area contributed by atoms with Gasteiger partial charge in [0.05, 0.1) is 14.2 Å². The Bertz CT molecular complexity index is 547. The van der Waals surface area contributed by atoms with Gasteiger partial charge in [0.25, 0.3) is 0 Å². The lowest BCUT2D eigenvalue weighted by Gasteiger charge is -2.14. The lowest BCUT2D eigenvalue weighted by molar-refractivity contribution is 0.281. The third-order valence-corrected chi connectivity index (χ3v) is 3.55. The molecule has 0 atom stereocenters. The number of benzene rings is 2. The molecule has 2 rings (SSSR count). The quantitative estimate of drug-likeness (QED) is 0.740. The van der Waals surface area contributed by atoms with E-state index in [4.69, 9.17) is 14.2 Å². The summed E-state index contributed by atoms with van der Waals surface area (Å²) >= 11 is 3.47. The zero-order valence-corrected chi connectivity index (χ0v) is 13.1. The molecule has 0 radical (unpaired) electrons. The molecular formula is C16H17BrO3. The smallest absolute Gasteiger partial charge is 0.165 e. The molecule has 2 aromatic rings. The summed E-state index contributed by atoms with van der Waals surface area (Å²) in [4.78, 5) is 0. The SMILES string of the molecule is COc1cccc(COc2c(CBr)cccc2OC)c1. The van der Waals surface area contributed by atoms with Crippen molar-refractivity contribution < 1.29 is 14.2 Å². The van der Waals surface area contributed by atoms with Crippen LogP contribution in [0, 0.1) is 0 Å². The number of para-hydroxylation sites is 1. The largest absolute Gasteiger partial charge is 0.497 e. The molecule has 0 aromatic heterocycles. The third kappa shape index (κ3) is 3.45. The molecule has 0 bridgehead atoms. The van der Waals surface area contributed by atoms with Crippen molar-refractivity contribution in [3.63, 3.8) is 0 Å². The van der Waals surface area contributed by atoms with Crippen LogP contribution in [0.15, 0.2) is 42.5 Å². The molecule has 0 aliphatic carbocycles. The van der Waals surface area contributed by atoms with E-state index in [-0.39, 0.29) is 0 Å². The van der Waals surface area contributed by atoms with Gasteiger partial charge in [-0.2, -0.15) is 0 Å².